The lowest BCUT2D eigenvalue weighted by atomic mass is 10.1. The van der Waals surface area contributed by atoms with Gasteiger partial charge in [-0.25, -0.2) is 8.42 Å². The summed E-state index contributed by atoms with van der Waals surface area (Å²) in [4.78, 5) is 26.8. The normalized spacial score (nSPS) is 11.5. The Morgan fingerprint density at radius 1 is 1.20 bits per heavy atom. The second-order valence-corrected chi connectivity index (χ2v) is 7.84. The van der Waals surface area contributed by atoms with Gasteiger partial charge < -0.3 is 10.3 Å². The summed E-state index contributed by atoms with van der Waals surface area (Å²) in [5, 5.41) is 2.59. The van der Waals surface area contributed by atoms with Crippen molar-refractivity contribution in [2.45, 2.75) is 25.3 Å². The summed E-state index contributed by atoms with van der Waals surface area (Å²) in [5.74, 6) is -0.485. The highest BCUT2D eigenvalue weighted by Gasteiger charge is 2.22. The second-order valence-electron chi connectivity index (χ2n) is 5.79. The Kier molecular flexibility index (Phi) is 5.76. The van der Waals surface area contributed by atoms with Crippen LogP contribution in [0.15, 0.2) is 46.1 Å². The van der Waals surface area contributed by atoms with E-state index in [1.54, 1.807) is 32.0 Å². The minimum Gasteiger partial charge on any atom is -0.351 e. The molecule has 0 saturated heterocycles. The molecule has 134 valence electrons. The van der Waals surface area contributed by atoms with Crippen molar-refractivity contribution in [3.63, 3.8) is 0 Å². The maximum Gasteiger partial charge on any atom is 0.253 e. The number of benzene rings is 1. The molecule has 2 rings (SSSR count). The van der Waals surface area contributed by atoms with E-state index in [9.17, 15) is 18.0 Å². The van der Waals surface area contributed by atoms with Crippen LogP contribution in [0.1, 0.15) is 16.8 Å². The number of nitrogens with one attached hydrogen (secondary N) is 2. The minimum absolute atomic E-state index is 0.0412. The van der Waals surface area contributed by atoms with E-state index in [1.165, 1.54) is 19.2 Å². The first-order valence-corrected chi connectivity index (χ1v) is 9.13. The van der Waals surface area contributed by atoms with E-state index in [2.05, 4.69) is 10.3 Å². The topological polar surface area (TPSA) is 99.3 Å². The van der Waals surface area contributed by atoms with Crippen LogP contribution in [0.5, 0.6) is 0 Å². The van der Waals surface area contributed by atoms with Crippen LogP contribution < -0.4 is 10.9 Å². The lowest BCUT2D eigenvalue weighted by Gasteiger charge is -2.17. The first-order chi connectivity index (χ1) is 11.7. The smallest absolute Gasteiger partial charge is 0.253 e. The van der Waals surface area contributed by atoms with E-state index in [0.29, 0.717) is 5.56 Å². The molecule has 0 unspecified atom stereocenters. The first kappa shape index (κ1) is 18.9. The van der Waals surface area contributed by atoms with Gasteiger partial charge in [0.1, 0.15) is 0 Å². The molecule has 2 aromatic rings. The van der Waals surface area contributed by atoms with Gasteiger partial charge in [0.05, 0.1) is 11.4 Å². The van der Waals surface area contributed by atoms with E-state index < -0.39 is 15.9 Å². The van der Waals surface area contributed by atoms with Crippen molar-refractivity contribution in [3.8, 4) is 0 Å². The summed E-state index contributed by atoms with van der Waals surface area (Å²) in [7, 11) is -2.40. The van der Waals surface area contributed by atoms with Crippen molar-refractivity contribution in [2.24, 2.45) is 0 Å². The lowest BCUT2D eigenvalue weighted by Crippen LogP contribution is -2.38. The molecule has 7 nitrogen and oxygen atoms in total. The molecular formula is C17H21N3O4S. The average Bonchev–Trinajstić information content (AvgIpc) is 2.54. The number of carbonyl (C=O) groups is 1. The number of aryl methyl sites for hydroxylation is 2. The molecule has 1 heterocycles. The van der Waals surface area contributed by atoms with Crippen molar-refractivity contribution < 1.29 is 13.2 Å². The van der Waals surface area contributed by atoms with Crippen LogP contribution in [0.3, 0.4) is 0 Å². The maximum absolute atomic E-state index is 12.4. The van der Waals surface area contributed by atoms with Crippen molar-refractivity contribution in [1.29, 1.82) is 0 Å². The molecule has 25 heavy (non-hydrogen) atoms. The molecule has 0 aliphatic heterocycles. The number of carbonyl (C=O) groups excluding carboxylic acids is 1. The number of amides is 1. The van der Waals surface area contributed by atoms with E-state index in [-0.39, 0.29) is 23.5 Å². The molecule has 8 heteroatoms. The SMILES string of the molecule is Cc1cc(C)c(CNC(=O)CN(C)S(=O)(=O)c2ccccc2)c(=O)[nH]1. The Labute approximate surface area is 146 Å². The summed E-state index contributed by atoms with van der Waals surface area (Å²) < 4.78 is 25.7. The molecule has 0 spiro atoms. The van der Waals surface area contributed by atoms with Crippen molar-refractivity contribution in [1.82, 2.24) is 14.6 Å². The van der Waals surface area contributed by atoms with Gasteiger partial charge in [0.25, 0.3) is 5.56 Å². The Morgan fingerprint density at radius 2 is 1.84 bits per heavy atom. The third-order valence-corrected chi connectivity index (χ3v) is 5.59. The zero-order valence-corrected chi connectivity index (χ0v) is 15.2. The third kappa shape index (κ3) is 4.55. The zero-order valence-electron chi connectivity index (χ0n) is 14.4. The number of rotatable bonds is 6. The number of H-pyrrole nitrogens is 1. The molecular weight excluding hydrogens is 342 g/mol. The predicted octanol–water partition coefficient (Wildman–Crippen LogP) is 0.929. The Bertz CT molecular complexity index is 921. The van der Waals surface area contributed by atoms with Crippen LogP contribution in [-0.4, -0.2) is 37.2 Å². The number of aromatic nitrogens is 1. The zero-order chi connectivity index (χ0) is 18.6. The van der Waals surface area contributed by atoms with Crippen LogP contribution in [-0.2, 0) is 21.4 Å². The van der Waals surface area contributed by atoms with Gasteiger partial charge in [0.15, 0.2) is 0 Å². The van der Waals surface area contributed by atoms with E-state index >= 15 is 0 Å². The molecule has 0 aliphatic rings. The summed E-state index contributed by atoms with van der Waals surface area (Å²) in [6.07, 6.45) is 0. The van der Waals surface area contributed by atoms with Crippen LogP contribution in [0.2, 0.25) is 0 Å². The highest BCUT2D eigenvalue weighted by molar-refractivity contribution is 7.89. The van der Waals surface area contributed by atoms with Gasteiger partial charge in [-0.05, 0) is 37.6 Å². The predicted molar refractivity (Wildman–Crippen MR) is 94.6 cm³/mol. The fourth-order valence-corrected chi connectivity index (χ4v) is 3.55. The van der Waals surface area contributed by atoms with Crippen LogP contribution in [0.25, 0.3) is 0 Å². The van der Waals surface area contributed by atoms with E-state index in [0.717, 1.165) is 15.6 Å². The second kappa shape index (κ2) is 7.62. The summed E-state index contributed by atoms with van der Waals surface area (Å²) in [5.41, 5.74) is 1.70. The van der Waals surface area contributed by atoms with E-state index in [4.69, 9.17) is 0 Å². The van der Waals surface area contributed by atoms with Crippen molar-refractivity contribution in [2.75, 3.05) is 13.6 Å². The molecule has 0 aliphatic carbocycles. The van der Waals surface area contributed by atoms with Gasteiger partial charge in [-0.2, -0.15) is 4.31 Å². The molecule has 1 aromatic carbocycles. The molecule has 1 aromatic heterocycles. The van der Waals surface area contributed by atoms with Gasteiger partial charge in [-0.1, -0.05) is 18.2 Å². The van der Waals surface area contributed by atoms with Crippen molar-refractivity contribution in [3.05, 3.63) is 63.6 Å². The fraction of sp³-hybridized carbons (Fsp3) is 0.294. The highest BCUT2D eigenvalue weighted by Crippen LogP contribution is 2.13. The van der Waals surface area contributed by atoms with Gasteiger partial charge in [0, 0.05) is 24.8 Å². The maximum atomic E-state index is 12.4. The number of hydrogen-bond acceptors (Lipinski definition) is 4. The Balaban J connectivity index is 2.02. The third-order valence-electron chi connectivity index (χ3n) is 3.77. The quantitative estimate of drug-likeness (QED) is 0.797. The molecule has 0 bridgehead atoms. The molecule has 0 radical (unpaired) electrons. The summed E-state index contributed by atoms with van der Waals surface area (Å²) in [6, 6.07) is 9.71. The van der Waals surface area contributed by atoms with Crippen molar-refractivity contribution >= 4 is 15.9 Å². The molecule has 0 fully saturated rings. The largest absolute Gasteiger partial charge is 0.351 e. The molecule has 2 N–H and O–H groups in total. The molecule has 0 atom stereocenters. The lowest BCUT2D eigenvalue weighted by molar-refractivity contribution is -0.121. The number of pyridine rings is 1. The minimum atomic E-state index is -3.73. The summed E-state index contributed by atoms with van der Waals surface area (Å²) in [6.45, 7) is 3.27. The summed E-state index contributed by atoms with van der Waals surface area (Å²) >= 11 is 0. The highest BCUT2D eigenvalue weighted by atomic mass is 32.2. The first-order valence-electron chi connectivity index (χ1n) is 7.69. The van der Waals surface area contributed by atoms with E-state index in [1.807, 2.05) is 6.07 Å². The van der Waals surface area contributed by atoms with Crippen LogP contribution in [0, 0.1) is 13.8 Å². The van der Waals surface area contributed by atoms with Gasteiger partial charge in [-0.15, -0.1) is 0 Å². The molecule has 1 amide bonds. The number of sulfonamides is 1. The Hall–Kier alpha value is -2.45. The molecule has 0 saturated carbocycles. The number of hydrogen-bond donors (Lipinski definition) is 2. The average molecular weight is 363 g/mol. The standard InChI is InChI=1S/C17H21N3O4S/c1-12-9-13(2)19-17(22)15(12)10-18-16(21)11-20(3)25(23,24)14-7-5-4-6-8-14/h4-9H,10-11H2,1-3H3,(H,18,21)(H,19,22). The number of nitrogens with zero attached hydrogens (tertiary/aromatic N) is 1. The number of likely N-dealkylation sites (N-methyl/N-ethyl adjacent to an activating group) is 1. The van der Waals surface area contributed by atoms with Gasteiger partial charge in [-0.3, -0.25) is 9.59 Å². The monoisotopic (exact) mass is 363 g/mol. The van der Waals surface area contributed by atoms with Gasteiger partial charge >= 0.3 is 0 Å². The van der Waals surface area contributed by atoms with Gasteiger partial charge in [0.2, 0.25) is 15.9 Å². The fourth-order valence-electron chi connectivity index (χ4n) is 2.40. The van der Waals surface area contributed by atoms with Crippen LogP contribution in [0.4, 0.5) is 0 Å². The Morgan fingerprint density at radius 3 is 2.44 bits per heavy atom. The number of aromatic amines is 1. The van der Waals surface area contributed by atoms with Crippen LogP contribution >= 0.6 is 0 Å².